The normalized spacial score (nSPS) is 13.3. The van der Waals surface area contributed by atoms with Gasteiger partial charge >= 0.3 is 0 Å². The van der Waals surface area contributed by atoms with Gasteiger partial charge in [-0.25, -0.2) is 0 Å². The molecule has 0 fully saturated rings. The van der Waals surface area contributed by atoms with Crippen LogP contribution in [0, 0.1) is 0 Å². The number of ether oxygens (including phenoxy) is 2. The van der Waals surface area contributed by atoms with E-state index < -0.39 is 5.41 Å². The van der Waals surface area contributed by atoms with Crippen LogP contribution < -0.4 is 19.3 Å². The first-order valence-corrected chi connectivity index (χ1v) is 19.7. The third-order valence-corrected chi connectivity index (χ3v) is 11.4. The molecule has 1 aromatic heterocycles. The fraction of sp³-hybridized carbons (Fsp3) is 0.0566. The highest BCUT2D eigenvalue weighted by atomic mass is 16.6. The molecule has 2 heterocycles. The van der Waals surface area contributed by atoms with Crippen LogP contribution in [0.25, 0.3) is 34.1 Å². The zero-order valence-electron chi connectivity index (χ0n) is 32.1. The van der Waals surface area contributed by atoms with Crippen molar-refractivity contribution in [2.45, 2.75) is 19.3 Å². The Bertz CT molecular complexity index is 2950. The number of hydrogen-bond acceptors (Lipinski definition) is 5. The van der Waals surface area contributed by atoms with Crippen molar-refractivity contribution in [1.82, 2.24) is 0 Å². The third kappa shape index (κ3) is 5.31. The molecule has 0 bridgehead atoms. The predicted octanol–water partition coefficient (Wildman–Crippen LogP) is 15.2. The van der Waals surface area contributed by atoms with Crippen LogP contribution in [0.15, 0.2) is 186 Å². The Labute approximate surface area is 337 Å². The molecule has 0 spiro atoms. The molecule has 0 radical (unpaired) electrons. The molecule has 1 aliphatic carbocycles. The number of anilines is 6. The van der Waals surface area contributed by atoms with Gasteiger partial charge in [0.15, 0.2) is 23.0 Å². The van der Waals surface area contributed by atoms with Gasteiger partial charge in [-0.15, -0.1) is 0 Å². The summed E-state index contributed by atoms with van der Waals surface area (Å²) in [5, 5.41) is 2.13. The smallest absolute Gasteiger partial charge is 0.194 e. The molecular weight excluding hydrogens is 713 g/mol. The van der Waals surface area contributed by atoms with E-state index in [2.05, 4.69) is 187 Å². The fourth-order valence-electron chi connectivity index (χ4n) is 8.88. The maximum atomic E-state index is 6.99. The van der Waals surface area contributed by atoms with Gasteiger partial charge in [0, 0.05) is 39.1 Å². The molecule has 1 aliphatic heterocycles. The molecular formula is C53H38N2O3. The van der Waals surface area contributed by atoms with Crippen molar-refractivity contribution in [2.75, 3.05) is 9.80 Å². The summed E-state index contributed by atoms with van der Waals surface area (Å²) in [5.74, 6) is 2.68. The van der Waals surface area contributed by atoms with Crippen molar-refractivity contribution in [3.05, 3.63) is 204 Å². The summed E-state index contributed by atoms with van der Waals surface area (Å²) in [6, 6.07) is 63.0. The molecule has 58 heavy (non-hydrogen) atoms. The Morgan fingerprint density at radius 1 is 0.483 bits per heavy atom. The maximum Gasteiger partial charge on any atom is 0.194 e. The second kappa shape index (κ2) is 13.3. The van der Waals surface area contributed by atoms with Gasteiger partial charge in [0.05, 0.1) is 16.8 Å². The molecule has 8 aromatic carbocycles. The molecule has 278 valence electrons. The minimum absolute atomic E-state index is 0.623. The van der Waals surface area contributed by atoms with E-state index in [0.29, 0.717) is 23.0 Å². The standard InChI is InChI=1S/C53H38N2O3/c1-53(2)42-34-43(54(36-19-7-3-8-20-36)37-21-9-4-10-22-37)48-41-27-15-16-28-44(41)57-51(48)40(42)32-31-35-33-47-52(58-46-30-18-17-29-45(46)56-47)50(49(35)53)55(38-23-11-5-12-24-38)39-25-13-6-14-26-39/h3-34H,1-2H3. The van der Waals surface area contributed by atoms with E-state index in [1.807, 2.05) is 30.3 Å². The molecule has 2 aliphatic rings. The van der Waals surface area contributed by atoms with Gasteiger partial charge in [0.2, 0.25) is 0 Å². The number of hydrogen-bond donors (Lipinski definition) is 0. The number of para-hydroxylation sites is 7. The van der Waals surface area contributed by atoms with Crippen LogP contribution in [-0.2, 0) is 5.41 Å². The van der Waals surface area contributed by atoms with E-state index in [9.17, 15) is 0 Å². The number of nitrogens with zero attached hydrogens (tertiary/aromatic N) is 2. The van der Waals surface area contributed by atoms with E-state index in [-0.39, 0.29) is 0 Å². The molecule has 11 rings (SSSR count). The van der Waals surface area contributed by atoms with E-state index in [0.717, 1.165) is 78.3 Å². The van der Waals surface area contributed by atoms with Crippen LogP contribution in [0.3, 0.4) is 0 Å². The first-order valence-electron chi connectivity index (χ1n) is 19.7. The van der Waals surface area contributed by atoms with Crippen molar-refractivity contribution in [2.24, 2.45) is 0 Å². The van der Waals surface area contributed by atoms with Gasteiger partial charge in [-0.05, 0) is 95.6 Å². The molecule has 0 unspecified atom stereocenters. The SMILES string of the molecule is CC1(C)c2cc(N(c3ccccc3)c3ccccc3)c3c(oc4ccccc43)c2C=Cc2cc3c(c(N(c4ccccc4)c4ccccc4)c21)Oc1ccccc1O3. The number of benzene rings is 8. The lowest BCUT2D eigenvalue weighted by Gasteiger charge is -2.38. The van der Waals surface area contributed by atoms with Crippen molar-refractivity contribution >= 4 is 68.2 Å². The van der Waals surface area contributed by atoms with Gasteiger partial charge in [0.1, 0.15) is 11.2 Å². The Kier molecular flexibility index (Phi) is 7.76. The summed E-state index contributed by atoms with van der Waals surface area (Å²) < 4.78 is 20.7. The highest BCUT2D eigenvalue weighted by Crippen LogP contribution is 2.60. The molecule has 0 saturated carbocycles. The third-order valence-electron chi connectivity index (χ3n) is 11.4. The van der Waals surface area contributed by atoms with Crippen molar-refractivity contribution < 1.29 is 13.9 Å². The highest BCUT2D eigenvalue weighted by molar-refractivity contribution is 6.16. The molecule has 5 nitrogen and oxygen atoms in total. The second-order valence-electron chi connectivity index (χ2n) is 15.3. The fourth-order valence-corrected chi connectivity index (χ4v) is 8.88. The van der Waals surface area contributed by atoms with Crippen molar-refractivity contribution in [1.29, 1.82) is 0 Å². The maximum absolute atomic E-state index is 6.99. The Morgan fingerprint density at radius 3 is 1.60 bits per heavy atom. The summed E-state index contributed by atoms with van der Waals surface area (Å²) in [7, 11) is 0. The quantitative estimate of drug-likeness (QED) is 0.169. The second-order valence-corrected chi connectivity index (χ2v) is 15.3. The molecule has 0 atom stereocenters. The van der Waals surface area contributed by atoms with Gasteiger partial charge < -0.3 is 23.7 Å². The first-order chi connectivity index (χ1) is 28.5. The summed E-state index contributed by atoms with van der Waals surface area (Å²) >= 11 is 0. The topological polar surface area (TPSA) is 38.1 Å². The number of fused-ring (bicyclic) bond motifs is 8. The van der Waals surface area contributed by atoms with E-state index >= 15 is 0 Å². The van der Waals surface area contributed by atoms with Crippen LogP contribution in [0.5, 0.6) is 23.0 Å². The van der Waals surface area contributed by atoms with Crippen LogP contribution in [0.1, 0.15) is 36.1 Å². The summed E-state index contributed by atoms with van der Waals surface area (Å²) in [4.78, 5) is 4.68. The minimum atomic E-state index is -0.623. The number of rotatable bonds is 6. The van der Waals surface area contributed by atoms with Gasteiger partial charge in [-0.3, -0.25) is 0 Å². The monoisotopic (exact) mass is 750 g/mol. The molecule has 0 amide bonds. The first kappa shape index (κ1) is 33.8. The lowest BCUT2D eigenvalue weighted by atomic mass is 9.73. The lowest BCUT2D eigenvalue weighted by molar-refractivity contribution is 0.359. The summed E-state index contributed by atoms with van der Waals surface area (Å²) in [6.07, 6.45) is 4.46. The number of furan rings is 1. The van der Waals surface area contributed by atoms with Gasteiger partial charge in [-0.1, -0.05) is 129 Å². The van der Waals surface area contributed by atoms with Crippen LogP contribution in [-0.4, -0.2) is 0 Å². The van der Waals surface area contributed by atoms with Crippen LogP contribution >= 0.6 is 0 Å². The van der Waals surface area contributed by atoms with Gasteiger partial charge in [-0.2, -0.15) is 0 Å². The minimum Gasteiger partial charge on any atom is -0.455 e. The lowest BCUT2D eigenvalue weighted by Crippen LogP contribution is -2.26. The molecule has 9 aromatic rings. The summed E-state index contributed by atoms with van der Waals surface area (Å²) in [6.45, 7) is 4.65. The largest absolute Gasteiger partial charge is 0.455 e. The zero-order chi connectivity index (χ0) is 38.8. The van der Waals surface area contributed by atoms with E-state index in [4.69, 9.17) is 13.9 Å². The Morgan fingerprint density at radius 2 is 1.00 bits per heavy atom. The Balaban J connectivity index is 1.25. The average Bonchev–Trinajstić information content (AvgIpc) is 3.62. The molecule has 0 N–H and O–H groups in total. The average molecular weight is 751 g/mol. The van der Waals surface area contributed by atoms with Gasteiger partial charge in [0.25, 0.3) is 0 Å². The molecule has 5 heteroatoms. The predicted molar refractivity (Wildman–Crippen MR) is 237 cm³/mol. The van der Waals surface area contributed by atoms with E-state index in [1.54, 1.807) is 0 Å². The summed E-state index contributed by atoms with van der Waals surface area (Å²) in [5.41, 5.74) is 11.4. The van der Waals surface area contributed by atoms with Crippen molar-refractivity contribution in [3.8, 4) is 23.0 Å². The van der Waals surface area contributed by atoms with E-state index in [1.165, 1.54) is 0 Å². The zero-order valence-corrected chi connectivity index (χ0v) is 32.1. The molecule has 0 saturated heterocycles. The Hall–Kier alpha value is -7.50. The van der Waals surface area contributed by atoms with Crippen LogP contribution in [0.4, 0.5) is 34.1 Å². The van der Waals surface area contributed by atoms with Crippen LogP contribution in [0.2, 0.25) is 0 Å². The van der Waals surface area contributed by atoms with Crippen molar-refractivity contribution in [3.63, 3.8) is 0 Å². The highest BCUT2D eigenvalue weighted by Gasteiger charge is 2.40.